The van der Waals surface area contributed by atoms with Gasteiger partial charge in [-0.3, -0.25) is 0 Å². The van der Waals surface area contributed by atoms with Crippen molar-refractivity contribution in [1.82, 2.24) is 10.2 Å². The third-order valence-electron chi connectivity index (χ3n) is 4.23. The van der Waals surface area contributed by atoms with Gasteiger partial charge in [-0.25, -0.2) is 0 Å². The van der Waals surface area contributed by atoms with Gasteiger partial charge >= 0.3 is 0 Å². The van der Waals surface area contributed by atoms with Crippen LogP contribution in [0, 0.1) is 0 Å². The van der Waals surface area contributed by atoms with Gasteiger partial charge < -0.3 is 15.0 Å². The number of likely N-dealkylation sites (N-methyl/N-ethyl adjacent to an activating group) is 1. The third kappa shape index (κ3) is 5.68. The van der Waals surface area contributed by atoms with Gasteiger partial charge in [0.2, 0.25) is 0 Å². The van der Waals surface area contributed by atoms with Crippen molar-refractivity contribution in [3.05, 3.63) is 0 Å². The molecule has 0 saturated heterocycles. The molecule has 0 fully saturated rings. The highest BCUT2D eigenvalue weighted by Crippen LogP contribution is 2.24. The summed E-state index contributed by atoms with van der Waals surface area (Å²) in [6.45, 7) is 12.2. The number of hydrogen-bond acceptors (Lipinski definition) is 3. The molecule has 18 heavy (non-hydrogen) atoms. The molecule has 1 N–H and O–H groups in total. The van der Waals surface area contributed by atoms with Gasteiger partial charge in [0, 0.05) is 18.7 Å². The topological polar surface area (TPSA) is 24.5 Å². The third-order valence-corrected chi connectivity index (χ3v) is 4.23. The second kappa shape index (κ2) is 7.46. The van der Waals surface area contributed by atoms with Crippen LogP contribution < -0.4 is 5.32 Å². The van der Waals surface area contributed by atoms with Gasteiger partial charge in [-0.1, -0.05) is 6.92 Å². The Labute approximate surface area is 114 Å². The van der Waals surface area contributed by atoms with Crippen molar-refractivity contribution in [2.24, 2.45) is 0 Å². The minimum absolute atomic E-state index is 0.0332. The maximum absolute atomic E-state index is 5.52. The quantitative estimate of drug-likeness (QED) is 0.688. The summed E-state index contributed by atoms with van der Waals surface area (Å²) in [5, 5.41) is 3.69. The first-order chi connectivity index (χ1) is 8.17. The predicted octanol–water partition coefficient (Wildman–Crippen LogP) is 2.90. The van der Waals surface area contributed by atoms with E-state index in [0.29, 0.717) is 6.04 Å². The van der Waals surface area contributed by atoms with Crippen LogP contribution in [-0.4, -0.2) is 49.8 Å². The SMILES string of the molecule is CCCNC(CCC(C)(C)OC)C(C)(C)N(C)C. The van der Waals surface area contributed by atoms with Crippen LogP contribution in [0.3, 0.4) is 0 Å². The van der Waals surface area contributed by atoms with E-state index < -0.39 is 0 Å². The molecule has 0 aromatic rings. The zero-order valence-electron chi connectivity index (χ0n) is 13.8. The molecule has 3 nitrogen and oxygen atoms in total. The van der Waals surface area contributed by atoms with Crippen molar-refractivity contribution in [3.8, 4) is 0 Å². The Morgan fingerprint density at radius 1 is 1.17 bits per heavy atom. The summed E-state index contributed by atoms with van der Waals surface area (Å²) in [7, 11) is 6.11. The minimum Gasteiger partial charge on any atom is -0.379 e. The lowest BCUT2D eigenvalue weighted by atomic mass is 9.86. The molecule has 0 saturated carbocycles. The first kappa shape index (κ1) is 17.9. The highest BCUT2D eigenvalue weighted by atomic mass is 16.5. The molecule has 0 aliphatic carbocycles. The lowest BCUT2D eigenvalue weighted by Crippen LogP contribution is -2.55. The molecule has 0 amide bonds. The first-order valence-electron chi connectivity index (χ1n) is 7.13. The van der Waals surface area contributed by atoms with E-state index in [9.17, 15) is 0 Å². The van der Waals surface area contributed by atoms with E-state index in [-0.39, 0.29) is 11.1 Å². The van der Waals surface area contributed by atoms with Crippen molar-refractivity contribution < 1.29 is 4.74 Å². The lowest BCUT2D eigenvalue weighted by molar-refractivity contribution is 0.00606. The molecule has 110 valence electrons. The molecule has 0 rings (SSSR count). The van der Waals surface area contributed by atoms with Crippen LogP contribution in [0.5, 0.6) is 0 Å². The average molecular weight is 258 g/mol. The van der Waals surface area contributed by atoms with E-state index in [1.54, 1.807) is 7.11 Å². The molecule has 0 aromatic carbocycles. The molecule has 0 aromatic heterocycles. The van der Waals surface area contributed by atoms with Crippen molar-refractivity contribution in [1.29, 1.82) is 0 Å². The van der Waals surface area contributed by atoms with Gasteiger partial charge in [0.25, 0.3) is 0 Å². The Bertz CT molecular complexity index is 225. The van der Waals surface area contributed by atoms with Crippen LogP contribution in [0.1, 0.15) is 53.9 Å². The molecule has 0 spiro atoms. The van der Waals surface area contributed by atoms with E-state index in [4.69, 9.17) is 4.74 Å². The van der Waals surface area contributed by atoms with E-state index in [0.717, 1.165) is 19.4 Å². The molecule has 0 aliphatic heterocycles. The number of rotatable bonds is 9. The number of ether oxygens (including phenoxy) is 1. The van der Waals surface area contributed by atoms with Crippen molar-refractivity contribution in [2.75, 3.05) is 27.7 Å². The van der Waals surface area contributed by atoms with Gasteiger partial charge in [-0.15, -0.1) is 0 Å². The Morgan fingerprint density at radius 3 is 2.11 bits per heavy atom. The molecular weight excluding hydrogens is 224 g/mol. The monoisotopic (exact) mass is 258 g/mol. The molecule has 0 heterocycles. The van der Waals surface area contributed by atoms with Gasteiger partial charge in [-0.2, -0.15) is 0 Å². The van der Waals surface area contributed by atoms with Crippen LogP contribution >= 0.6 is 0 Å². The summed E-state index contributed by atoms with van der Waals surface area (Å²) < 4.78 is 5.52. The highest BCUT2D eigenvalue weighted by molar-refractivity contribution is 4.92. The number of nitrogens with one attached hydrogen (secondary N) is 1. The summed E-state index contributed by atoms with van der Waals surface area (Å²) in [5.74, 6) is 0. The van der Waals surface area contributed by atoms with Crippen molar-refractivity contribution >= 4 is 0 Å². The zero-order valence-corrected chi connectivity index (χ0v) is 13.8. The molecule has 0 aliphatic rings. The van der Waals surface area contributed by atoms with E-state index in [1.165, 1.54) is 6.42 Å². The molecule has 0 bridgehead atoms. The summed E-state index contributed by atoms with van der Waals surface area (Å²) in [6.07, 6.45) is 3.38. The normalized spacial score (nSPS) is 15.2. The minimum atomic E-state index is -0.0332. The van der Waals surface area contributed by atoms with E-state index in [1.807, 2.05) is 0 Å². The summed E-state index contributed by atoms with van der Waals surface area (Å²) in [6, 6.07) is 0.488. The average Bonchev–Trinajstić information content (AvgIpc) is 2.28. The second-order valence-corrected chi connectivity index (χ2v) is 6.56. The van der Waals surface area contributed by atoms with Crippen LogP contribution in [0.15, 0.2) is 0 Å². The molecule has 3 heteroatoms. The number of nitrogens with zero attached hydrogens (tertiary/aromatic N) is 1. The maximum atomic E-state index is 5.52. The van der Waals surface area contributed by atoms with Gasteiger partial charge in [0.15, 0.2) is 0 Å². The number of methoxy groups -OCH3 is 1. The fourth-order valence-electron chi connectivity index (χ4n) is 1.93. The van der Waals surface area contributed by atoms with Gasteiger partial charge in [-0.05, 0) is 67.6 Å². The van der Waals surface area contributed by atoms with Gasteiger partial charge in [0.1, 0.15) is 0 Å². The van der Waals surface area contributed by atoms with E-state index >= 15 is 0 Å². The second-order valence-electron chi connectivity index (χ2n) is 6.56. The fraction of sp³-hybridized carbons (Fsp3) is 1.00. The molecule has 1 unspecified atom stereocenters. The standard InChI is InChI=1S/C15H34N2O/c1-9-12-16-13(15(4,5)17(6)7)10-11-14(2,3)18-8/h13,16H,9-12H2,1-8H3. The van der Waals surface area contributed by atoms with Crippen LogP contribution in [-0.2, 0) is 4.74 Å². The maximum Gasteiger partial charge on any atom is 0.0623 e. The largest absolute Gasteiger partial charge is 0.379 e. The van der Waals surface area contributed by atoms with Crippen molar-refractivity contribution in [2.45, 2.75) is 71.1 Å². The Kier molecular flexibility index (Phi) is 7.41. The van der Waals surface area contributed by atoms with Crippen LogP contribution in [0.25, 0.3) is 0 Å². The molecular formula is C15H34N2O. The molecule has 1 atom stereocenters. The number of hydrogen-bond donors (Lipinski definition) is 1. The van der Waals surface area contributed by atoms with Crippen LogP contribution in [0.2, 0.25) is 0 Å². The summed E-state index contributed by atoms with van der Waals surface area (Å²) in [4.78, 5) is 2.31. The highest BCUT2D eigenvalue weighted by Gasteiger charge is 2.32. The first-order valence-corrected chi connectivity index (χ1v) is 7.13. The van der Waals surface area contributed by atoms with Gasteiger partial charge in [0.05, 0.1) is 5.60 Å². The summed E-state index contributed by atoms with van der Waals surface area (Å²) >= 11 is 0. The Hall–Kier alpha value is -0.120. The Morgan fingerprint density at radius 2 is 1.72 bits per heavy atom. The lowest BCUT2D eigenvalue weighted by Gasteiger charge is -2.42. The Balaban J connectivity index is 4.59. The van der Waals surface area contributed by atoms with E-state index in [2.05, 4.69) is 58.9 Å². The zero-order chi connectivity index (χ0) is 14.4. The summed E-state index contributed by atoms with van der Waals surface area (Å²) in [5.41, 5.74) is 0.119. The smallest absolute Gasteiger partial charge is 0.0623 e. The van der Waals surface area contributed by atoms with Crippen LogP contribution in [0.4, 0.5) is 0 Å². The van der Waals surface area contributed by atoms with Crippen molar-refractivity contribution in [3.63, 3.8) is 0 Å². The molecule has 0 radical (unpaired) electrons. The fourth-order valence-corrected chi connectivity index (χ4v) is 1.93. The predicted molar refractivity (Wildman–Crippen MR) is 80.2 cm³/mol.